The molecule has 1 saturated heterocycles. The Kier molecular flexibility index (Phi) is 3.22. The standard InChI is InChI=1S/C12H14BrNO/c1-9(15)11-7-14(8-11)6-10-2-4-12(13)5-3-10/h2-5,11H,6-8H2,1H3. The van der Waals surface area contributed by atoms with Gasteiger partial charge in [-0.05, 0) is 24.6 Å². The van der Waals surface area contributed by atoms with Crippen LogP contribution < -0.4 is 0 Å². The molecule has 0 unspecified atom stereocenters. The van der Waals surface area contributed by atoms with Crippen LogP contribution in [0.15, 0.2) is 28.7 Å². The molecular formula is C12H14BrNO. The second-order valence-electron chi connectivity index (χ2n) is 4.13. The Morgan fingerprint density at radius 2 is 2.00 bits per heavy atom. The molecule has 2 rings (SSSR count). The Morgan fingerprint density at radius 3 is 2.53 bits per heavy atom. The molecule has 2 nitrogen and oxygen atoms in total. The summed E-state index contributed by atoms with van der Waals surface area (Å²) in [6.45, 7) is 4.48. The summed E-state index contributed by atoms with van der Waals surface area (Å²) in [5, 5.41) is 0. The number of hydrogen-bond donors (Lipinski definition) is 0. The van der Waals surface area contributed by atoms with Gasteiger partial charge in [-0.25, -0.2) is 0 Å². The molecule has 1 fully saturated rings. The minimum absolute atomic E-state index is 0.278. The maximum absolute atomic E-state index is 11.0. The molecule has 3 heteroatoms. The molecular weight excluding hydrogens is 254 g/mol. The van der Waals surface area contributed by atoms with Gasteiger partial charge >= 0.3 is 0 Å². The van der Waals surface area contributed by atoms with Crippen LogP contribution in [0.2, 0.25) is 0 Å². The summed E-state index contributed by atoms with van der Waals surface area (Å²) < 4.78 is 1.11. The number of carbonyl (C=O) groups excluding carboxylic acids is 1. The molecule has 0 atom stereocenters. The lowest BCUT2D eigenvalue weighted by molar-refractivity contribution is -0.126. The zero-order chi connectivity index (χ0) is 10.8. The van der Waals surface area contributed by atoms with Crippen molar-refractivity contribution in [3.05, 3.63) is 34.3 Å². The lowest BCUT2D eigenvalue weighted by atomic mass is 9.95. The van der Waals surface area contributed by atoms with Crippen LogP contribution in [0.3, 0.4) is 0 Å². The van der Waals surface area contributed by atoms with Gasteiger partial charge < -0.3 is 0 Å². The third-order valence-corrected chi connectivity index (χ3v) is 3.38. The first-order valence-electron chi connectivity index (χ1n) is 5.12. The van der Waals surface area contributed by atoms with Crippen molar-refractivity contribution in [2.45, 2.75) is 13.5 Å². The van der Waals surface area contributed by atoms with Crippen LogP contribution in [0.1, 0.15) is 12.5 Å². The topological polar surface area (TPSA) is 20.3 Å². The highest BCUT2D eigenvalue weighted by Crippen LogP contribution is 2.20. The second kappa shape index (κ2) is 4.45. The summed E-state index contributed by atoms with van der Waals surface area (Å²) in [4.78, 5) is 13.3. The molecule has 1 aromatic rings. The average Bonchev–Trinajstić information content (AvgIpc) is 2.13. The molecule has 0 bridgehead atoms. The number of likely N-dealkylation sites (tertiary alicyclic amines) is 1. The fourth-order valence-corrected chi connectivity index (χ4v) is 2.07. The Hall–Kier alpha value is -0.670. The van der Waals surface area contributed by atoms with E-state index in [1.54, 1.807) is 6.92 Å². The Balaban J connectivity index is 1.85. The van der Waals surface area contributed by atoms with E-state index < -0.39 is 0 Å². The third kappa shape index (κ3) is 2.67. The van der Waals surface area contributed by atoms with Gasteiger partial charge in [0.25, 0.3) is 0 Å². The van der Waals surface area contributed by atoms with Crippen LogP contribution in [0.5, 0.6) is 0 Å². The minimum atomic E-state index is 0.278. The number of nitrogens with zero attached hydrogens (tertiary/aromatic N) is 1. The van der Waals surface area contributed by atoms with E-state index in [4.69, 9.17) is 0 Å². The van der Waals surface area contributed by atoms with E-state index in [-0.39, 0.29) is 5.92 Å². The van der Waals surface area contributed by atoms with E-state index in [9.17, 15) is 4.79 Å². The summed E-state index contributed by atoms with van der Waals surface area (Å²) in [6, 6.07) is 8.34. The van der Waals surface area contributed by atoms with Gasteiger partial charge in [0, 0.05) is 30.0 Å². The maximum Gasteiger partial charge on any atom is 0.135 e. The predicted molar refractivity (Wildman–Crippen MR) is 63.6 cm³/mol. The van der Waals surface area contributed by atoms with Gasteiger partial charge in [0.2, 0.25) is 0 Å². The molecule has 0 aromatic heterocycles. The highest BCUT2D eigenvalue weighted by molar-refractivity contribution is 9.10. The number of hydrogen-bond acceptors (Lipinski definition) is 2. The van der Waals surface area contributed by atoms with Gasteiger partial charge in [0.1, 0.15) is 5.78 Å². The second-order valence-corrected chi connectivity index (χ2v) is 5.04. The average molecular weight is 268 g/mol. The zero-order valence-corrected chi connectivity index (χ0v) is 10.3. The molecule has 0 N–H and O–H groups in total. The third-order valence-electron chi connectivity index (χ3n) is 2.85. The zero-order valence-electron chi connectivity index (χ0n) is 8.74. The van der Waals surface area contributed by atoms with Crippen LogP contribution in [0.25, 0.3) is 0 Å². The normalized spacial score (nSPS) is 17.5. The summed E-state index contributed by atoms with van der Waals surface area (Å²) in [7, 11) is 0. The van der Waals surface area contributed by atoms with E-state index in [2.05, 4.69) is 45.1 Å². The first-order chi connectivity index (χ1) is 7.15. The number of halogens is 1. The van der Waals surface area contributed by atoms with Crippen molar-refractivity contribution in [1.29, 1.82) is 0 Å². The van der Waals surface area contributed by atoms with E-state index in [0.717, 1.165) is 24.1 Å². The van der Waals surface area contributed by atoms with Crippen molar-refractivity contribution in [3.8, 4) is 0 Å². The van der Waals surface area contributed by atoms with E-state index >= 15 is 0 Å². The van der Waals surface area contributed by atoms with Crippen LogP contribution in [0, 0.1) is 5.92 Å². The van der Waals surface area contributed by atoms with Crippen molar-refractivity contribution in [2.75, 3.05) is 13.1 Å². The molecule has 0 radical (unpaired) electrons. The summed E-state index contributed by atoms with van der Waals surface area (Å²) in [6.07, 6.45) is 0. The molecule has 1 aliphatic rings. The number of rotatable bonds is 3. The van der Waals surface area contributed by atoms with Crippen LogP contribution in [0.4, 0.5) is 0 Å². The van der Waals surface area contributed by atoms with Gasteiger partial charge in [0.05, 0.1) is 0 Å². The lowest BCUT2D eigenvalue weighted by Gasteiger charge is -2.37. The fraction of sp³-hybridized carbons (Fsp3) is 0.417. The summed E-state index contributed by atoms with van der Waals surface area (Å²) >= 11 is 3.41. The molecule has 1 aromatic carbocycles. The van der Waals surface area contributed by atoms with Crippen molar-refractivity contribution < 1.29 is 4.79 Å². The Morgan fingerprint density at radius 1 is 1.40 bits per heavy atom. The van der Waals surface area contributed by atoms with E-state index in [1.807, 2.05) is 0 Å². The van der Waals surface area contributed by atoms with Crippen molar-refractivity contribution in [1.82, 2.24) is 4.90 Å². The SMILES string of the molecule is CC(=O)C1CN(Cc2ccc(Br)cc2)C1. The number of ketones is 1. The van der Waals surface area contributed by atoms with Gasteiger partial charge in [-0.1, -0.05) is 28.1 Å². The van der Waals surface area contributed by atoms with Gasteiger partial charge in [-0.3, -0.25) is 9.69 Å². The lowest BCUT2D eigenvalue weighted by Crippen LogP contribution is -2.48. The fourth-order valence-electron chi connectivity index (χ4n) is 1.80. The van der Waals surface area contributed by atoms with Crippen LogP contribution in [-0.4, -0.2) is 23.8 Å². The predicted octanol–water partition coefficient (Wildman–Crippen LogP) is 2.47. The molecule has 80 valence electrons. The number of carbonyl (C=O) groups is 1. The van der Waals surface area contributed by atoms with Crippen molar-refractivity contribution in [3.63, 3.8) is 0 Å². The van der Waals surface area contributed by atoms with E-state index in [1.165, 1.54) is 5.56 Å². The minimum Gasteiger partial charge on any atom is -0.300 e. The van der Waals surface area contributed by atoms with E-state index in [0.29, 0.717) is 5.78 Å². The largest absolute Gasteiger partial charge is 0.300 e. The molecule has 0 saturated carbocycles. The monoisotopic (exact) mass is 267 g/mol. The molecule has 0 spiro atoms. The molecule has 1 heterocycles. The smallest absolute Gasteiger partial charge is 0.135 e. The van der Waals surface area contributed by atoms with Gasteiger partial charge in [-0.15, -0.1) is 0 Å². The highest BCUT2D eigenvalue weighted by Gasteiger charge is 2.29. The Labute approximate surface area is 98.4 Å². The first-order valence-corrected chi connectivity index (χ1v) is 5.91. The first kappa shape index (κ1) is 10.8. The molecule has 0 aliphatic carbocycles. The Bertz CT molecular complexity index is 354. The quantitative estimate of drug-likeness (QED) is 0.839. The molecule has 15 heavy (non-hydrogen) atoms. The summed E-state index contributed by atoms with van der Waals surface area (Å²) in [5.74, 6) is 0.600. The van der Waals surface area contributed by atoms with Crippen LogP contribution >= 0.6 is 15.9 Å². The number of benzene rings is 1. The highest BCUT2D eigenvalue weighted by atomic mass is 79.9. The van der Waals surface area contributed by atoms with Crippen LogP contribution in [-0.2, 0) is 11.3 Å². The molecule has 0 amide bonds. The van der Waals surface area contributed by atoms with Gasteiger partial charge in [0.15, 0.2) is 0 Å². The maximum atomic E-state index is 11.0. The van der Waals surface area contributed by atoms with Gasteiger partial charge in [-0.2, -0.15) is 0 Å². The van der Waals surface area contributed by atoms with Crippen molar-refractivity contribution >= 4 is 21.7 Å². The van der Waals surface area contributed by atoms with Crippen molar-refractivity contribution in [2.24, 2.45) is 5.92 Å². The number of Topliss-reactive ketones (excluding diaryl/α,β-unsaturated/α-hetero) is 1. The molecule has 1 aliphatic heterocycles. The summed E-state index contributed by atoms with van der Waals surface area (Å²) in [5.41, 5.74) is 1.31.